The second kappa shape index (κ2) is 8.48. The Labute approximate surface area is 149 Å². The predicted molar refractivity (Wildman–Crippen MR) is 92.3 cm³/mol. The van der Waals surface area contributed by atoms with Crippen LogP contribution in [0.4, 0.5) is 10.1 Å². The molecule has 2 rings (SSSR count). The highest BCUT2D eigenvalue weighted by molar-refractivity contribution is 6.33. The molecule has 1 N–H and O–H groups in total. The number of hydrogen-bond acceptors (Lipinski definition) is 4. The number of carbonyl (C=O) groups excluding carboxylic acids is 2. The molecule has 132 valence electrons. The number of halogens is 2. The molecule has 0 saturated heterocycles. The van der Waals surface area contributed by atoms with Gasteiger partial charge in [0.05, 0.1) is 24.2 Å². The lowest BCUT2D eigenvalue weighted by atomic mass is 10.1. The van der Waals surface area contributed by atoms with Crippen molar-refractivity contribution in [1.82, 2.24) is 0 Å². The highest BCUT2D eigenvalue weighted by Crippen LogP contribution is 2.23. The molecule has 0 spiro atoms. The number of carbonyl (C=O) groups is 2. The van der Waals surface area contributed by atoms with E-state index in [1.807, 2.05) is 0 Å². The van der Waals surface area contributed by atoms with Crippen LogP contribution in [0.15, 0.2) is 42.5 Å². The zero-order chi connectivity index (χ0) is 18.4. The molecule has 7 heteroatoms. The monoisotopic (exact) mass is 365 g/mol. The number of rotatable bonds is 6. The Morgan fingerprint density at radius 3 is 2.64 bits per heavy atom. The number of ether oxygens (including phenoxy) is 2. The number of benzene rings is 2. The van der Waals surface area contributed by atoms with E-state index in [-0.39, 0.29) is 17.1 Å². The normalized spacial score (nSPS) is 11.5. The molecule has 0 fully saturated rings. The van der Waals surface area contributed by atoms with E-state index in [4.69, 9.17) is 21.1 Å². The summed E-state index contributed by atoms with van der Waals surface area (Å²) in [6.45, 7) is 1.44. The molecule has 2 aromatic carbocycles. The average Bonchev–Trinajstić information content (AvgIpc) is 2.57. The minimum absolute atomic E-state index is 0.0288. The van der Waals surface area contributed by atoms with E-state index in [0.29, 0.717) is 11.3 Å². The van der Waals surface area contributed by atoms with Gasteiger partial charge in [-0.2, -0.15) is 0 Å². The van der Waals surface area contributed by atoms with Gasteiger partial charge in [-0.25, -0.2) is 4.39 Å². The number of methoxy groups -OCH3 is 1. The highest BCUT2D eigenvalue weighted by Gasteiger charge is 2.20. The molecule has 0 heterocycles. The summed E-state index contributed by atoms with van der Waals surface area (Å²) in [7, 11) is 1.51. The van der Waals surface area contributed by atoms with Crippen molar-refractivity contribution in [3.63, 3.8) is 0 Å². The Morgan fingerprint density at radius 1 is 1.24 bits per heavy atom. The molecule has 5 nitrogen and oxygen atoms in total. The molecule has 0 radical (unpaired) electrons. The van der Waals surface area contributed by atoms with Crippen LogP contribution in [0.1, 0.15) is 12.5 Å². The van der Waals surface area contributed by atoms with Gasteiger partial charge in [-0.1, -0.05) is 29.8 Å². The molecule has 0 aliphatic carbocycles. The molecule has 0 aliphatic rings. The van der Waals surface area contributed by atoms with Crippen molar-refractivity contribution in [2.24, 2.45) is 0 Å². The molecule has 1 amide bonds. The van der Waals surface area contributed by atoms with Gasteiger partial charge in [-0.3, -0.25) is 9.59 Å². The van der Waals surface area contributed by atoms with E-state index < -0.39 is 23.8 Å². The Hall–Kier alpha value is -2.60. The molecular formula is C18H17ClFNO4. The fourth-order valence-corrected chi connectivity index (χ4v) is 2.34. The largest absolute Gasteiger partial charge is 0.496 e. The molecule has 0 aromatic heterocycles. The lowest BCUT2D eigenvalue weighted by Gasteiger charge is -2.15. The molecular weight excluding hydrogens is 349 g/mol. The Bertz CT molecular complexity index is 781. The molecule has 0 unspecified atom stereocenters. The van der Waals surface area contributed by atoms with Crippen molar-refractivity contribution >= 4 is 29.2 Å². The van der Waals surface area contributed by atoms with Crippen LogP contribution in [-0.2, 0) is 20.7 Å². The van der Waals surface area contributed by atoms with Gasteiger partial charge in [0.1, 0.15) is 11.6 Å². The van der Waals surface area contributed by atoms with Crippen LogP contribution in [0.3, 0.4) is 0 Å². The Balaban J connectivity index is 1.95. The van der Waals surface area contributed by atoms with E-state index in [9.17, 15) is 14.0 Å². The zero-order valence-electron chi connectivity index (χ0n) is 13.7. The van der Waals surface area contributed by atoms with E-state index in [1.165, 1.54) is 26.2 Å². The number of amides is 1. The van der Waals surface area contributed by atoms with Crippen LogP contribution in [0.2, 0.25) is 5.02 Å². The number of para-hydroxylation sites is 1. The summed E-state index contributed by atoms with van der Waals surface area (Å²) in [5.74, 6) is -1.09. The van der Waals surface area contributed by atoms with Crippen LogP contribution in [-0.4, -0.2) is 25.1 Å². The van der Waals surface area contributed by atoms with Crippen LogP contribution < -0.4 is 10.1 Å². The lowest BCUT2D eigenvalue weighted by molar-refractivity contribution is -0.152. The summed E-state index contributed by atoms with van der Waals surface area (Å²) < 4.78 is 23.3. The van der Waals surface area contributed by atoms with Gasteiger partial charge >= 0.3 is 5.97 Å². The quantitative estimate of drug-likeness (QED) is 0.794. The first kappa shape index (κ1) is 18.7. The second-order valence-electron chi connectivity index (χ2n) is 5.23. The topological polar surface area (TPSA) is 64.6 Å². The third-order valence-electron chi connectivity index (χ3n) is 3.39. The van der Waals surface area contributed by atoms with Gasteiger partial charge in [0, 0.05) is 5.56 Å². The summed E-state index contributed by atoms with van der Waals surface area (Å²) in [4.78, 5) is 24.1. The minimum atomic E-state index is -1.04. The van der Waals surface area contributed by atoms with Gasteiger partial charge < -0.3 is 14.8 Å². The fourth-order valence-electron chi connectivity index (χ4n) is 2.12. The van der Waals surface area contributed by atoms with E-state index >= 15 is 0 Å². The highest BCUT2D eigenvalue weighted by atomic mass is 35.5. The van der Waals surface area contributed by atoms with Gasteiger partial charge in [0.15, 0.2) is 6.10 Å². The van der Waals surface area contributed by atoms with Gasteiger partial charge in [0.2, 0.25) is 0 Å². The summed E-state index contributed by atoms with van der Waals surface area (Å²) in [6.07, 6.45) is -1.07. The van der Waals surface area contributed by atoms with Gasteiger partial charge in [-0.15, -0.1) is 0 Å². The lowest BCUT2D eigenvalue weighted by Crippen LogP contribution is -2.30. The van der Waals surface area contributed by atoms with Crippen molar-refractivity contribution in [2.75, 3.05) is 12.4 Å². The van der Waals surface area contributed by atoms with Crippen molar-refractivity contribution in [3.8, 4) is 5.75 Å². The van der Waals surface area contributed by atoms with Gasteiger partial charge in [0.25, 0.3) is 5.91 Å². The standard InChI is InChI=1S/C18H17ClFNO4/c1-11(18(23)21-15-8-7-13(20)10-14(15)19)25-17(22)9-12-5-3-4-6-16(12)24-2/h3-8,10-11H,9H2,1-2H3,(H,21,23)/t11-/m0/s1. The Morgan fingerprint density at radius 2 is 1.96 bits per heavy atom. The SMILES string of the molecule is COc1ccccc1CC(=O)O[C@@H](C)C(=O)Nc1ccc(F)cc1Cl. The molecule has 2 aromatic rings. The third-order valence-corrected chi connectivity index (χ3v) is 3.71. The maximum atomic E-state index is 13.0. The molecule has 0 bridgehead atoms. The first-order valence-corrected chi connectivity index (χ1v) is 7.85. The van der Waals surface area contributed by atoms with E-state index in [0.717, 1.165) is 6.07 Å². The summed E-state index contributed by atoms with van der Waals surface area (Å²) >= 11 is 5.85. The van der Waals surface area contributed by atoms with Crippen molar-refractivity contribution in [1.29, 1.82) is 0 Å². The number of hydrogen-bond donors (Lipinski definition) is 1. The maximum Gasteiger partial charge on any atom is 0.311 e. The zero-order valence-corrected chi connectivity index (χ0v) is 14.5. The van der Waals surface area contributed by atoms with Crippen molar-refractivity contribution in [2.45, 2.75) is 19.4 Å². The maximum absolute atomic E-state index is 13.0. The first-order chi connectivity index (χ1) is 11.9. The van der Waals surface area contributed by atoms with Crippen LogP contribution in [0.5, 0.6) is 5.75 Å². The molecule has 0 aliphatic heterocycles. The Kier molecular flexibility index (Phi) is 6.36. The second-order valence-corrected chi connectivity index (χ2v) is 5.64. The fraction of sp³-hybridized carbons (Fsp3) is 0.222. The van der Waals surface area contributed by atoms with E-state index in [1.54, 1.807) is 24.3 Å². The summed E-state index contributed by atoms with van der Waals surface area (Å²) in [5.41, 5.74) is 0.893. The summed E-state index contributed by atoms with van der Waals surface area (Å²) in [5, 5.41) is 2.55. The minimum Gasteiger partial charge on any atom is -0.496 e. The molecule has 1 atom stereocenters. The van der Waals surface area contributed by atoms with Crippen LogP contribution in [0, 0.1) is 5.82 Å². The van der Waals surface area contributed by atoms with Crippen LogP contribution >= 0.6 is 11.6 Å². The predicted octanol–water partition coefficient (Wildman–Crippen LogP) is 3.60. The smallest absolute Gasteiger partial charge is 0.311 e. The van der Waals surface area contributed by atoms with Gasteiger partial charge in [-0.05, 0) is 31.2 Å². The molecule has 0 saturated carbocycles. The third kappa shape index (κ3) is 5.19. The number of anilines is 1. The van der Waals surface area contributed by atoms with Crippen molar-refractivity contribution in [3.05, 3.63) is 58.9 Å². The number of nitrogens with one attached hydrogen (secondary N) is 1. The first-order valence-electron chi connectivity index (χ1n) is 7.48. The molecule has 25 heavy (non-hydrogen) atoms. The summed E-state index contributed by atoms with van der Waals surface area (Å²) in [6, 6.07) is 10.6. The van der Waals surface area contributed by atoms with E-state index in [2.05, 4.69) is 5.32 Å². The number of esters is 1. The van der Waals surface area contributed by atoms with Crippen LogP contribution in [0.25, 0.3) is 0 Å². The van der Waals surface area contributed by atoms with Crippen molar-refractivity contribution < 1.29 is 23.5 Å². The average molecular weight is 366 g/mol.